The van der Waals surface area contributed by atoms with Gasteiger partial charge in [-0.25, -0.2) is 0 Å². The summed E-state index contributed by atoms with van der Waals surface area (Å²) in [6.07, 6.45) is 2.84. The first-order valence-corrected chi connectivity index (χ1v) is 19.3. The number of aliphatic hydroxyl groups is 2. The zero-order valence-electron chi connectivity index (χ0n) is 31.1. The molecule has 9 aliphatic rings. The second-order valence-corrected chi connectivity index (χ2v) is 19.5. The van der Waals surface area contributed by atoms with Crippen LogP contribution in [0, 0.1) is 50.7 Å². The van der Waals surface area contributed by atoms with Gasteiger partial charge < -0.3 is 43.4 Å². The maximum Gasteiger partial charge on any atom is 0.303 e. The third-order valence-corrected chi connectivity index (χ3v) is 16.9. The van der Waals surface area contributed by atoms with E-state index >= 15 is 0 Å². The molecule has 3 spiro atoms. The van der Waals surface area contributed by atoms with Gasteiger partial charge in [0.15, 0.2) is 18.2 Å². The van der Waals surface area contributed by atoms with Gasteiger partial charge in [-0.3, -0.25) is 9.59 Å². The Hall–Kier alpha value is -1.34. The average molecular weight is 703 g/mol. The molecule has 0 bridgehead atoms. The number of aliphatic hydroxyl groups excluding tert-OH is 2. The van der Waals surface area contributed by atoms with Gasteiger partial charge in [0.2, 0.25) is 0 Å². The molecule has 0 radical (unpaired) electrons. The molecule has 5 aliphatic carbocycles. The predicted molar refractivity (Wildman–Crippen MR) is 176 cm³/mol. The lowest BCUT2D eigenvalue weighted by atomic mass is 9.41. The molecule has 5 saturated carbocycles. The smallest absolute Gasteiger partial charge is 0.303 e. The molecule has 4 heterocycles. The van der Waals surface area contributed by atoms with Crippen molar-refractivity contribution in [2.24, 2.45) is 50.7 Å². The first-order valence-electron chi connectivity index (χ1n) is 19.3. The number of hydrogen-bond acceptors (Lipinski definition) is 11. The molecular formula is C39H58O11. The van der Waals surface area contributed by atoms with Crippen molar-refractivity contribution in [1.82, 2.24) is 0 Å². The van der Waals surface area contributed by atoms with Gasteiger partial charge in [0.05, 0.1) is 25.4 Å². The van der Waals surface area contributed by atoms with Crippen molar-refractivity contribution in [3.05, 3.63) is 0 Å². The number of hydrogen-bond donors (Lipinski definition) is 2. The Morgan fingerprint density at radius 3 is 2.22 bits per heavy atom. The number of ether oxygens (including phenoxy) is 7. The normalized spacial score (nSPS) is 59.6. The van der Waals surface area contributed by atoms with Crippen LogP contribution in [0.25, 0.3) is 0 Å². The number of carbonyl (C=O) groups is 2. The minimum absolute atomic E-state index is 0.0118. The van der Waals surface area contributed by atoms with Gasteiger partial charge in [0, 0.05) is 25.7 Å². The third-order valence-electron chi connectivity index (χ3n) is 16.9. The van der Waals surface area contributed by atoms with Crippen molar-refractivity contribution in [2.45, 2.75) is 167 Å². The number of epoxide rings is 1. The van der Waals surface area contributed by atoms with Crippen molar-refractivity contribution in [1.29, 1.82) is 0 Å². The molecule has 11 heteroatoms. The molecule has 11 nitrogen and oxygen atoms in total. The Morgan fingerprint density at radius 1 is 0.840 bits per heavy atom. The Kier molecular flexibility index (Phi) is 7.19. The maximum absolute atomic E-state index is 12.9. The first-order chi connectivity index (χ1) is 23.4. The van der Waals surface area contributed by atoms with Crippen molar-refractivity contribution in [2.75, 3.05) is 13.2 Å². The molecule has 9 fully saturated rings. The van der Waals surface area contributed by atoms with E-state index in [4.69, 9.17) is 33.2 Å². The van der Waals surface area contributed by atoms with Crippen LogP contribution in [0.4, 0.5) is 0 Å². The van der Waals surface area contributed by atoms with Gasteiger partial charge in [0.25, 0.3) is 0 Å². The SMILES string of the molecule is CC(=O)OC1C(O)COC(OC2CCC34CC35CC(OC(C)=O)C3(C)C6C(C)CC7(OCC8(C)OC87)OC6CC3(C)C5CCC4C2(C)C)C1O. The summed E-state index contributed by atoms with van der Waals surface area (Å²) in [5.41, 5.74) is -0.622. The Labute approximate surface area is 295 Å². The molecule has 2 N–H and O–H groups in total. The Morgan fingerprint density at radius 2 is 1.56 bits per heavy atom. The van der Waals surface area contributed by atoms with Crippen LogP contribution in [0.1, 0.15) is 107 Å². The molecular weight excluding hydrogens is 644 g/mol. The predicted octanol–water partition coefficient (Wildman–Crippen LogP) is 4.28. The summed E-state index contributed by atoms with van der Waals surface area (Å²) in [6, 6.07) is 0. The highest BCUT2D eigenvalue weighted by atomic mass is 16.8. The van der Waals surface area contributed by atoms with E-state index in [1.807, 2.05) is 0 Å². The lowest BCUT2D eigenvalue weighted by molar-refractivity contribution is -0.309. The van der Waals surface area contributed by atoms with Crippen LogP contribution in [0.15, 0.2) is 0 Å². The summed E-state index contributed by atoms with van der Waals surface area (Å²) in [5, 5.41) is 21.5. The minimum Gasteiger partial charge on any atom is -0.462 e. The molecule has 0 aromatic carbocycles. The zero-order valence-corrected chi connectivity index (χ0v) is 31.1. The summed E-state index contributed by atoms with van der Waals surface area (Å²) in [4.78, 5) is 24.6. The number of rotatable bonds is 4. The largest absolute Gasteiger partial charge is 0.462 e. The lowest BCUT2D eigenvalue weighted by Crippen LogP contribution is -2.64. The lowest BCUT2D eigenvalue weighted by Gasteiger charge is -2.65. The highest BCUT2D eigenvalue weighted by Crippen LogP contribution is 2.89. The molecule has 0 aromatic rings. The second-order valence-electron chi connectivity index (χ2n) is 19.5. The summed E-state index contributed by atoms with van der Waals surface area (Å²) >= 11 is 0. The number of carbonyl (C=O) groups excluding carboxylic acids is 2. The van der Waals surface area contributed by atoms with Crippen LogP contribution in [-0.2, 0) is 42.7 Å². The highest BCUT2D eigenvalue weighted by Gasteiger charge is 2.86. The minimum atomic E-state index is -1.29. The third kappa shape index (κ3) is 4.17. The molecule has 280 valence electrons. The van der Waals surface area contributed by atoms with Crippen LogP contribution in [-0.4, -0.2) is 95.8 Å². The molecule has 4 saturated heterocycles. The fourth-order valence-corrected chi connectivity index (χ4v) is 14.9. The topological polar surface area (TPSA) is 143 Å². The Balaban J connectivity index is 1.01. The second kappa shape index (κ2) is 10.4. The fraction of sp³-hybridized carbons (Fsp3) is 0.949. The monoisotopic (exact) mass is 702 g/mol. The van der Waals surface area contributed by atoms with E-state index in [0.717, 1.165) is 51.4 Å². The standard InChI is InChI=1S/C39H58O11/c1-19-13-39(32-35(7,50-32)18-45-39)49-23-14-34(6)25-10-9-24-33(4,5)26(48-31-29(43)30(47-21(3)41)22(42)16-44-31)11-12-37(24)17-38(25,37)15-27(46-20(2)40)36(34,8)28(19)23/h19,22-32,42-43H,9-18H2,1-8H3. The van der Waals surface area contributed by atoms with E-state index in [2.05, 4.69) is 41.5 Å². The van der Waals surface area contributed by atoms with E-state index < -0.39 is 36.4 Å². The number of esters is 2. The molecule has 0 amide bonds. The van der Waals surface area contributed by atoms with Gasteiger partial charge in [-0.2, -0.15) is 0 Å². The first kappa shape index (κ1) is 34.4. The van der Waals surface area contributed by atoms with E-state index in [1.54, 1.807) is 6.92 Å². The fourth-order valence-electron chi connectivity index (χ4n) is 14.9. The van der Waals surface area contributed by atoms with Crippen molar-refractivity contribution in [3.8, 4) is 0 Å². The zero-order chi connectivity index (χ0) is 35.6. The van der Waals surface area contributed by atoms with E-state index in [-0.39, 0.29) is 75.6 Å². The van der Waals surface area contributed by atoms with Crippen molar-refractivity contribution in [3.63, 3.8) is 0 Å². The van der Waals surface area contributed by atoms with Crippen molar-refractivity contribution >= 4 is 11.9 Å². The summed E-state index contributed by atoms with van der Waals surface area (Å²) in [5.74, 6) is -0.0196. The van der Waals surface area contributed by atoms with Crippen molar-refractivity contribution < 1.29 is 53.0 Å². The molecule has 18 unspecified atom stereocenters. The molecule has 0 aromatic heterocycles. The van der Waals surface area contributed by atoms with E-state index in [1.165, 1.54) is 6.92 Å². The van der Waals surface area contributed by atoms with Crippen LogP contribution >= 0.6 is 0 Å². The van der Waals surface area contributed by atoms with Gasteiger partial charge in [-0.1, -0.05) is 34.6 Å². The summed E-state index contributed by atoms with van der Waals surface area (Å²) in [6.45, 7) is 17.3. The average Bonchev–Trinajstić information content (AvgIpc) is 3.84. The summed E-state index contributed by atoms with van der Waals surface area (Å²) < 4.78 is 43.9. The maximum atomic E-state index is 12.9. The van der Waals surface area contributed by atoms with Gasteiger partial charge in [-0.05, 0) is 97.2 Å². The quantitative estimate of drug-likeness (QED) is 0.246. The van der Waals surface area contributed by atoms with E-state index in [9.17, 15) is 19.8 Å². The van der Waals surface area contributed by atoms with Crippen LogP contribution in [0.2, 0.25) is 0 Å². The van der Waals surface area contributed by atoms with E-state index in [0.29, 0.717) is 24.4 Å². The molecule has 18 atom stereocenters. The molecule has 9 rings (SSSR count). The van der Waals surface area contributed by atoms with Gasteiger partial charge in [-0.15, -0.1) is 0 Å². The van der Waals surface area contributed by atoms with Crippen LogP contribution in [0.3, 0.4) is 0 Å². The Bertz CT molecular complexity index is 1470. The highest BCUT2D eigenvalue weighted by molar-refractivity contribution is 5.66. The van der Waals surface area contributed by atoms with Crippen LogP contribution in [0.5, 0.6) is 0 Å². The van der Waals surface area contributed by atoms with Gasteiger partial charge >= 0.3 is 11.9 Å². The molecule has 4 aliphatic heterocycles. The molecule has 50 heavy (non-hydrogen) atoms. The van der Waals surface area contributed by atoms with Crippen LogP contribution < -0.4 is 0 Å². The number of fused-ring (bicyclic) bond motifs is 6. The summed E-state index contributed by atoms with van der Waals surface area (Å²) in [7, 11) is 0. The van der Waals surface area contributed by atoms with Gasteiger partial charge in [0.1, 0.15) is 30.0 Å².